The number of rotatable bonds is 4. The van der Waals surface area contributed by atoms with Gasteiger partial charge in [0.2, 0.25) is 0 Å². The van der Waals surface area contributed by atoms with Crippen molar-refractivity contribution in [3.63, 3.8) is 0 Å². The minimum absolute atomic E-state index is 0.251. The van der Waals surface area contributed by atoms with Gasteiger partial charge in [0.15, 0.2) is 5.65 Å². The van der Waals surface area contributed by atoms with E-state index in [1.165, 1.54) is 4.40 Å². The van der Waals surface area contributed by atoms with Crippen molar-refractivity contribution in [2.75, 3.05) is 7.11 Å². The van der Waals surface area contributed by atoms with Crippen LogP contribution >= 0.6 is 11.6 Å². The van der Waals surface area contributed by atoms with Gasteiger partial charge in [-0.25, -0.2) is 4.98 Å². The van der Waals surface area contributed by atoms with Crippen molar-refractivity contribution in [2.45, 2.75) is 6.54 Å². The summed E-state index contributed by atoms with van der Waals surface area (Å²) in [5.41, 5.74) is 1.69. The molecule has 2 aromatic carbocycles. The summed E-state index contributed by atoms with van der Waals surface area (Å²) in [6.45, 7) is 0.320. The Morgan fingerprint density at radius 3 is 2.86 bits per heavy atom. The largest absolute Gasteiger partial charge is 0.497 e. The molecule has 6 nitrogen and oxygen atoms in total. The lowest BCUT2D eigenvalue weighted by Crippen LogP contribution is -2.25. The SMILES string of the molecule is COc1cccc(CNC(=O)c2cccn3c(=O)c4ccc(Cl)cc4nc23)c1. The lowest BCUT2D eigenvalue weighted by atomic mass is 10.2. The van der Waals surface area contributed by atoms with E-state index in [9.17, 15) is 9.59 Å². The Balaban J connectivity index is 1.72. The predicted molar refractivity (Wildman–Crippen MR) is 108 cm³/mol. The van der Waals surface area contributed by atoms with Crippen molar-refractivity contribution in [1.29, 1.82) is 0 Å². The van der Waals surface area contributed by atoms with Gasteiger partial charge in [-0.2, -0.15) is 0 Å². The highest BCUT2D eigenvalue weighted by Crippen LogP contribution is 2.18. The van der Waals surface area contributed by atoms with Crippen LogP contribution in [0.5, 0.6) is 5.75 Å². The van der Waals surface area contributed by atoms with Gasteiger partial charge in [0, 0.05) is 17.8 Å². The maximum atomic E-state index is 12.8. The molecule has 0 bridgehead atoms. The third-order valence-electron chi connectivity index (χ3n) is 4.43. The molecular weight excluding hydrogens is 378 g/mol. The van der Waals surface area contributed by atoms with Gasteiger partial charge in [-0.05, 0) is 48.0 Å². The molecular formula is C21H16ClN3O3. The van der Waals surface area contributed by atoms with Crippen LogP contribution in [0.2, 0.25) is 5.02 Å². The van der Waals surface area contributed by atoms with Crippen LogP contribution in [0.15, 0.2) is 65.6 Å². The van der Waals surface area contributed by atoms with E-state index in [0.717, 1.165) is 5.56 Å². The van der Waals surface area contributed by atoms with Gasteiger partial charge < -0.3 is 10.1 Å². The molecule has 0 saturated carbocycles. The molecule has 2 heterocycles. The van der Waals surface area contributed by atoms with Crippen LogP contribution in [-0.2, 0) is 6.54 Å². The summed E-state index contributed by atoms with van der Waals surface area (Å²) in [5.74, 6) is 0.391. The van der Waals surface area contributed by atoms with Gasteiger partial charge in [0.1, 0.15) is 5.75 Å². The molecule has 1 N–H and O–H groups in total. The number of nitrogens with one attached hydrogen (secondary N) is 1. The Kier molecular flexibility index (Phi) is 4.71. The number of fused-ring (bicyclic) bond motifs is 2. The van der Waals surface area contributed by atoms with Crippen LogP contribution in [-0.4, -0.2) is 22.4 Å². The topological polar surface area (TPSA) is 72.7 Å². The first-order valence-corrected chi connectivity index (χ1v) is 8.96. The second-order valence-corrected chi connectivity index (χ2v) is 6.66. The Hall–Kier alpha value is -3.38. The van der Waals surface area contributed by atoms with Crippen molar-refractivity contribution < 1.29 is 9.53 Å². The number of carbonyl (C=O) groups is 1. The highest BCUT2D eigenvalue weighted by Gasteiger charge is 2.14. The highest BCUT2D eigenvalue weighted by atomic mass is 35.5. The first-order valence-electron chi connectivity index (χ1n) is 8.58. The summed E-state index contributed by atoms with van der Waals surface area (Å²) in [4.78, 5) is 30.0. The Labute approximate surface area is 165 Å². The first kappa shape index (κ1) is 18.0. The Morgan fingerprint density at radius 2 is 2.04 bits per heavy atom. The molecule has 0 spiro atoms. The molecule has 7 heteroatoms. The van der Waals surface area contributed by atoms with E-state index in [1.54, 1.807) is 43.6 Å². The third kappa shape index (κ3) is 3.30. The number of aromatic nitrogens is 2. The smallest absolute Gasteiger partial charge is 0.265 e. The maximum absolute atomic E-state index is 12.8. The fourth-order valence-electron chi connectivity index (χ4n) is 3.04. The number of amides is 1. The van der Waals surface area contributed by atoms with E-state index in [-0.39, 0.29) is 17.1 Å². The molecule has 28 heavy (non-hydrogen) atoms. The minimum Gasteiger partial charge on any atom is -0.497 e. The van der Waals surface area contributed by atoms with Gasteiger partial charge in [-0.15, -0.1) is 0 Å². The molecule has 4 aromatic rings. The van der Waals surface area contributed by atoms with Gasteiger partial charge in [0.05, 0.1) is 23.6 Å². The first-order chi connectivity index (χ1) is 13.6. The molecule has 1 amide bonds. The number of halogens is 1. The number of carbonyl (C=O) groups excluding carboxylic acids is 1. The van der Waals surface area contributed by atoms with E-state index in [0.29, 0.717) is 33.8 Å². The summed E-state index contributed by atoms with van der Waals surface area (Å²) in [5, 5.41) is 3.78. The van der Waals surface area contributed by atoms with Crippen molar-refractivity contribution in [1.82, 2.24) is 14.7 Å². The fraction of sp³-hybridized carbons (Fsp3) is 0.0952. The van der Waals surface area contributed by atoms with Crippen LogP contribution in [0.4, 0.5) is 0 Å². The lowest BCUT2D eigenvalue weighted by molar-refractivity contribution is 0.0952. The third-order valence-corrected chi connectivity index (χ3v) is 4.67. The number of hydrogen-bond donors (Lipinski definition) is 1. The molecule has 2 aromatic heterocycles. The fourth-order valence-corrected chi connectivity index (χ4v) is 3.20. The summed E-state index contributed by atoms with van der Waals surface area (Å²) in [6, 6.07) is 15.6. The molecule has 0 aliphatic heterocycles. The average molecular weight is 394 g/mol. The van der Waals surface area contributed by atoms with Crippen LogP contribution < -0.4 is 15.6 Å². The summed E-state index contributed by atoms with van der Waals surface area (Å²) < 4.78 is 6.57. The van der Waals surface area contributed by atoms with Crippen LogP contribution in [0, 0.1) is 0 Å². The van der Waals surface area contributed by atoms with E-state index in [2.05, 4.69) is 10.3 Å². The zero-order chi connectivity index (χ0) is 19.7. The maximum Gasteiger partial charge on any atom is 0.265 e. The summed E-state index contributed by atoms with van der Waals surface area (Å²) in [7, 11) is 1.59. The second-order valence-electron chi connectivity index (χ2n) is 6.23. The molecule has 0 aliphatic rings. The molecule has 0 fully saturated rings. The van der Waals surface area contributed by atoms with Crippen molar-refractivity contribution in [3.05, 3.63) is 87.3 Å². The van der Waals surface area contributed by atoms with Crippen molar-refractivity contribution in [2.24, 2.45) is 0 Å². The van der Waals surface area contributed by atoms with Gasteiger partial charge in [0.25, 0.3) is 11.5 Å². The zero-order valence-corrected chi connectivity index (χ0v) is 15.7. The zero-order valence-electron chi connectivity index (χ0n) is 15.0. The minimum atomic E-state index is -0.325. The van der Waals surface area contributed by atoms with Crippen LogP contribution in [0.1, 0.15) is 15.9 Å². The summed E-state index contributed by atoms with van der Waals surface area (Å²) in [6.07, 6.45) is 1.59. The van der Waals surface area contributed by atoms with E-state index < -0.39 is 0 Å². The van der Waals surface area contributed by atoms with E-state index in [4.69, 9.17) is 16.3 Å². The average Bonchev–Trinajstić information content (AvgIpc) is 2.71. The number of hydrogen-bond acceptors (Lipinski definition) is 4. The molecule has 4 rings (SSSR count). The number of nitrogens with zero attached hydrogens (tertiary/aromatic N) is 2. The van der Waals surface area contributed by atoms with Crippen molar-refractivity contribution >= 4 is 34.1 Å². The normalized spacial score (nSPS) is 10.9. The van der Waals surface area contributed by atoms with Gasteiger partial charge in [-0.3, -0.25) is 14.0 Å². The van der Waals surface area contributed by atoms with Crippen LogP contribution in [0.3, 0.4) is 0 Å². The molecule has 0 atom stereocenters. The molecule has 0 radical (unpaired) electrons. The molecule has 0 unspecified atom stereocenters. The number of ether oxygens (including phenoxy) is 1. The van der Waals surface area contributed by atoms with Crippen LogP contribution in [0.25, 0.3) is 16.6 Å². The van der Waals surface area contributed by atoms with E-state index >= 15 is 0 Å². The molecule has 0 aliphatic carbocycles. The van der Waals surface area contributed by atoms with E-state index in [1.807, 2.05) is 24.3 Å². The number of pyridine rings is 1. The monoisotopic (exact) mass is 393 g/mol. The quantitative estimate of drug-likeness (QED) is 0.539. The van der Waals surface area contributed by atoms with Gasteiger partial charge in [-0.1, -0.05) is 23.7 Å². The lowest BCUT2D eigenvalue weighted by Gasteiger charge is -2.10. The Bertz CT molecular complexity index is 1270. The predicted octanol–water partition coefficient (Wildman–Crippen LogP) is 3.44. The standard InChI is InChI=1S/C21H16ClN3O3/c1-28-15-5-2-4-13(10-15)12-23-20(26)17-6-3-9-25-19(17)24-18-11-14(22)7-8-16(18)21(25)27/h2-11H,12H2,1H3,(H,23,26). The van der Waals surface area contributed by atoms with Gasteiger partial charge >= 0.3 is 0 Å². The number of methoxy groups -OCH3 is 1. The Morgan fingerprint density at radius 1 is 1.18 bits per heavy atom. The summed E-state index contributed by atoms with van der Waals surface area (Å²) >= 11 is 6.03. The van der Waals surface area contributed by atoms with Crippen molar-refractivity contribution in [3.8, 4) is 5.75 Å². The second kappa shape index (κ2) is 7.32. The molecule has 140 valence electrons. The number of benzene rings is 2. The highest BCUT2D eigenvalue weighted by molar-refractivity contribution is 6.31. The molecule has 0 saturated heterocycles.